The highest BCUT2D eigenvalue weighted by Gasteiger charge is 2.48. The number of aliphatic hydroxyl groups excluding tert-OH is 1. The molecule has 28 heavy (non-hydrogen) atoms. The number of carbonyl (C=O) groups is 1. The smallest absolute Gasteiger partial charge is 0.410 e. The summed E-state index contributed by atoms with van der Waals surface area (Å²) in [4.78, 5) is 16.5. The SMILES string of the molecule is CC(C)(C)OC(=O)N1CCC2(CC1)Cc1ccc(N3CCOCC3)cc1C2O. The van der Waals surface area contributed by atoms with Crippen LogP contribution in [0.4, 0.5) is 10.5 Å². The Hall–Kier alpha value is -1.79. The predicted octanol–water partition coefficient (Wildman–Crippen LogP) is 3.13. The molecule has 1 amide bonds. The van der Waals surface area contributed by atoms with Gasteiger partial charge in [0.2, 0.25) is 0 Å². The Bertz CT molecular complexity index is 729. The fourth-order valence-corrected chi connectivity index (χ4v) is 4.73. The summed E-state index contributed by atoms with van der Waals surface area (Å²) in [7, 11) is 0. The molecule has 2 saturated heterocycles. The lowest BCUT2D eigenvalue weighted by molar-refractivity contribution is -0.0255. The van der Waals surface area contributed by atoms with Gasteiger partial charge in [0, 0.05) is 37.3 Å². The molecule has 2 aliphatic heterocycles. The van der Waals surface area contributed by atoms with Crippen molar-refractivity contribution in [3.05, 3.63) is 29.3 Å². The zero-order chi connectivity index (χ0) is 19.9. The van der Waals surface area contributed by atoms with Gasteiger partial charge in [0.15, 0.2) is 0 Å². The first-order chi connectivity index (χ1) is 13.3. The second kappa shape index (κ2) is 7.23. The van der Waals surface area contributed by atoms with Gasteiger partial charge in [0.1, 0.15) is 5.60 Å². The number of fused-ring (bicyclic) bond motifs is 1. The van der Waals surface area contributed by atoms with Crippen LogP contribution in [0.2, 0.25) is 0 Å². The van der Waals surface area contributed by atoms with Gasteiger partial charge in [-0.3, -0.25) is 0 Å². The van der Waals surface area contributed by atoms with E-state index in [1.807, 2.05) is 20.8 Å². The van der Waals surface area contributed by atoms with Crippen molar-refractivity contribution in [2.45, 2.75) is 51.7 Å². The standard InChI is InChI=1S/C22H32N2O4/c1-21(2,3)28-20(26)24-8-6-22(7-9-24)15-16-4-5-17(14-18(16)19(22)25)23-10-12-27-13-11-23/h4-5,14,19,25H,6-13,15H2,1-3H3. The molecule has 1 N–H and O–H groups in total. The quantitative estimate of drug-likeness (QED) is 0.801. The largest absolute Gasteiger partial charge is 0.444 e. The lowest BCUT2D eigenvalue weighted by atomic mass is 9.74. The summed E-state index contributed by atoms with van der Waals surface area (Å²) in [6, 6.07) is 6.52. The fourth-order valence-electron chi connectivity index (χ4n) is 4.73. The molecule has 1 unspecified atom stereocenters. The summed E-state index contributed by atoms with van der Waals surface area (Å²) in [5, 5.41) is 11.2. The molecule has 1 atom stereocenters. The Balaban J connectivity index is 1.45. The first kappa shape index (κ1) is 19.5. The molecule has 1 aromatic rings. The molecule has 1 spiro atoms. The van der Waals surface area contributed by atoms with Crippen molar-refractivity contribution in [1.29, 1.82) is 0 Å². The third kappa shape index (κ3) is 3.72. The molecule has 6 nitrogen and oxygen atoms in total. The molecule has 0 aromatic heterocycles. The second-order valence-electron chi connectivity index (χ2n) is 9.39. The van der Waals surface area contributed by atoms with E-state index in [1.54, 1.807) is 4.90 Å². The average Bonchev–Trinajstić information content (AvgIpc) is 2.93. The van der Waals surface area contributed by atoms with Crippen LogP contribution in [0.15, 0.2) is 18.2 Å². The minimum absolute atomic E-state index is 0.162. The van der Waals surface area contributed by atoms with Crippen molar-refractivity contribution in [3.63, 3.8) is 0 Å². The van der Waals surface area contributed by atoms with E-state index in [0.29, 0.717) is 13.1 Å². The first-order valence-electron chi connectivity index (χ1n) is 10.4. The number of hydrogen-bond donors (Lipinski definition) is 1. The minimum atomic E-state index is -0.481. The van der Waals surface area contributed by atoms with Crippen LogP contribution >= 0.6 is 0 Å². The van der Waals surface area contributed by atoms with Gasteiger partial charge in [0.25, 0.3) is 0 Å². The Morgan fingerprint density at radius 3 is 2.50 bits per heavy atom. The predicted molar refractivity (Wildman–Crippen MR) is 108 cm³/mol. The third-order valence-corrected chi connectivity index (χ3v) is 6.33. The van der Waals surface area contributed by atoms with Gasteiger partial charge in [-0.15, -0.1) is 0 Å². The molecule has 0 saturated carbocycles. The molecule has 1 aromatic carbocycles. The zero-order valence-electron chi connectivity index (χ0n) is 17.2. The van der Waals surface area contributed by atoms with Crippen molar-refractivity contribution in [3.8, 4) is 0 Å². The maximum Gasteiger partial charge on any atom is 0.410 e. The van der Waals surface area contributed by atoms with Crippen molar-refractivity contribution in [2.75, 3.05) is 44.3 Å². The number of morpholine rings is 1. The van der Waals surface area contributed by atoms with Crippen LogP contribution in [-0.4, -0.2) is 61.1 Å². The van der Waals surface area contributed by atoms with E-state index in [9.17, 15) is 9.90 Å². The van der Waals surface area contributed by atoms with Crippen molar-refractivity contribution in [2.24, 2.45) is 5.41 Å². The van der Waals surface area contributed by atoms with Crippen LogP contribution in [-0.2, 0) is 15.9 Å². The van der Waals surface area contributed by atoms with E-state index in [-0.39, 0.29) is 11.5 Å². The van der Waals surface area contributed by atoms with Crippen LogP contribution in [0.25, 0.3) is 0 Å². The number of rotatable bonds is 1. The summed E-state index contributed by atoms with van der Waals surface area (Å²) < 4.78 is 11.0. The molecule has 6 heteroatoms. The topological polar surface area (TPSA) is 62.2 Å². The van der Waals surface area contributed by atoms with E-state index in [2.05, 4.69) is 23.1 Å². The highest BCUT2D eigenvalue weighted by molar-refractivity contribution is 5.68. The molecule has 0 radical (unpaired) electrons. The van der Waals surface area contributed by atoms with Gasteiger partial charge < -0.3 is 24.4 Å². The Labute approximate surface area is 167 Å². The number of hydrogen-bond acceptors (Lipinski definition) is 5. The van der Waals surface area contributed by atoms with E-state index in [1.165, 1.54) is 11.3 Å². The molecule has 154 valence electrons. The highest BCUT2D eigenvalue weighted by atomic mass is 16.6. The maximum atomic E-state index is 12.4. The lowest BCUT2D eigenvalue weighted by Gasteiger charge is -2.41. The number of likely N-dealkylation sites (tertiary alicyclic amines) is 1. The summed E-state index contributed by atoms with van der Waals surface area (Å²) in [6.45, 7) is 10.2. The Kier molecular flexibility index (Phi) is 5.04. The average molecular weight is 389 g/mol. The summed E-state index contributed by atoms with van der Waals surface area (Å²) in [6.07, 6.45) is 1.77. The van der Waals surface area contributed by atoms with Gasteiger partial charge in [0.05, 0.1) is 19.3 Å². The molecular formula is C22H32N2O4. The molecular weight excluding hydrogens is 356 g/mol. The van der Waals surface area contributed by atoms with Gasteiger partial charge in [-0.05, 0) is 63.3 Å². The number of amides is 1. The van der Waals surface area contributed by atoms with Crippen molar-refractivity contribution in [1.82, 2.24) is 4.90 Å². The lowest BCUT2D eigenvalue weighted by Crippen LogP contribution is -2.46. The highest BCUT2D eigenvalue weighted by Crippen LogP contribution is 2.52. The van der Waals surface area contributed by atoms with Crippen LogP contribution in [0.5, 0.6) is 0 Å². The van der Waals surface area contributed by atoms with E-state index < -0.39 is 11.7 Å². The van der Waals surface area contributed by atoms with E-state index >= 15 is 0 Å². The second-order valence-corrected chi connectivity index (χ2v) is 9.39. The van der Waals surface area contributed by atoms with E-state index in [4.69, 9.17) is 9.47 Å². The number of ether oxygens (including phenoxy) is 2. The number of carbonyl (C=O) groups excluding carboxylic acids is 1. The Morgan fingerprint density at radius 2 is 1.86 bits per heavy atom. The first-order valence-corrected chi connectivity index (χ1v) is 10.4. The summed E-state index contributed by atoms with van der Waals surface area (Å²) in [5.41, 5.74) is 2.84. The fraction of sp³-hybridized carbons (Fsp3) is 0.682. The van der Waals surface area contributed by atoms with Crippen LogP contribution in [0.3, 0.4) is 0 Å². The molecule has 4 rings (SSSR count). The summed E-state index contributed by atoms with van der Waals surface area (Å²) in [5.74, 6) is 0. The van der Waals surface area contributed by atoms with E-state index in [0.717, 1.165) is 51.1 Å². The molecule has 3 aliphatic rings. The molecule has 1 aliphatic carbocycles. The number of nitrogens with zero attached hydrogens (tertiary/aromatic N) is 2. The third-order valence-electron chi connectivity index (χ3n) is 6.33. The normalized spacial score (nSPS) is 24.4. The van der Waals surface area contributed by atoms with Gasteiger partial charge in [-0.25, -0.2) is 4.79 Å². The van der Waals surface area contributed by atoms with Crippen molar-refractivity contribution < 1.29 is 19.4 Å². The van der Waals surface area contributed by atoms with Crippen LogP contribution in [0, 0.1) is 5.41 Å². The number of aliphatic hydroxyl groups is 1. The number of benzene rings is 1. The molecule has 2 fully saturated rings. The van der Waals surface area contributed by atoms with Crippen molar-refractivity contribution >= 4 is 11.8 Å². The Morgan fingerprint density at radius 1 is 1.18 bits per heavy atom. The maximum absolute atomic E-state index is 12.4. The summed E-state index contributed by atoms with van der Waals surface area (Å²) >= 11 is 0. The zero-order valence-corrected chi connectivity index (χ0v) is 17.2. The molecule has 2 heterocycles. The minimum Gasteiger partial charge on any atom is -0.444 e. The van der Waals surface area contributed by atoms with Gasteiger partial charge in [-0.2, -0.15) is 0 Å². The monoisotopic (exact) mass is 388 g/mol. The van der Waals surface area contributed by atoms with Crippen LogP contribution < -0.4 is 4.90 Å². The molecule has 0 bridgehead atoms. The number of anilines is 1. The number of piperidine rings is 1. The van der Waals surface area contributed by atoms with Gasteiger partial charge >= 0.3 is 6.09 Å². The van der Waals surface area contributed by atoms with Crippen LogP contribution in [0.1, 0.15) is 50.8 Å². The van der Waals surface area contributed by atoms with Gasteiger partial charge in [-0.1, -0.05) is 6.07 Å².